The summed E-state index contributed by atoms with van der Waals surface area (Å²) in [6, 6.07) is 5.37. The topological polar surface area (TPSA) is 90.9 Å². The van der Waals surface area contributed by atoms with Crippen LogP contribution in [0.4, 0.5) is 0 Å². The second-order valence-electron chi connectivity index (χ2n) is 5.60. The van der Waals surface area contributed by atoms with Crippen LogP contribution in [0.15, 0.2) is 23.4 Å². The van der Waals surface area contributed by atoms with Crippen molar-refractivity contribution in [1.82, 2.24) is 5.32 Å². The molecule has 0 amide bonds. The minimum atomic E-state index is -0.109. The van der Waals surface area contributed by atoms with E-state index < -0.39 is 0 Å². The lowest BCUT2D eigenvalue weighted by atomic mass is 9.87. The largest absolute Gasteiger partial charge is 0.409 e. The van der Waals surface area contributed by atoms with Gasteiger partial charge in [0.15, 0.2) is 5.84 Å². The predicted molar refractivity (Wildman–Crippen MR) is 83.6 cm³/mol. The van der Waals surface area contributed by atoms with Gasteiger partial charge in [0, 0.05) is 17.1 Å². The number of nitrogens with one attached hydrogen (secondary N) is 1. The van der Waals surface area contributed by atoms with Crippen molar-refractivity contribution in [1.29, 1.82) is 0 Å². The Bertz CT molecular complexity index is 500. The van der Waals surface area contributed by atoms with Crippen molar-refractivity contribution < 1.29 is 10.3 Å². The minimum absolute atomic E-state index is 0.0529. The average molecular weight is 312 g/mol. The van der Waals surface area contributed by atoms with Crippen LogP contribution in [0.25, 0.3) is 0 Å². The highest BCUT2D eigenvalue weighted by Gasteiger charge is 2.18. The number of halogens is 1. The van der Waals surface area contributed by atoms with E-state index in [0.717, 1.165) is 37.8 Å². The average Bonchev–Trinajstić information content (AvgIpc) is 2.50. The first-order valence-corrected chi connectivity index (χ1v) is 7.63. The smallest absolute Gasteiger partial charge is 0.170 e. The van der Waals surface area contributed by atoms with E-state index in [1.807, 2.05) is 6.07 Å². The lowest BCUT2D eigenvalue weighted by molar-refractivity contribution is 0.108. The highest BCUT2D eigenvalue weighted by molar-refractivity contribution is 6.31. The number of oxime groups is 1. The molecule has 0 atom stereocenters. The molecule has 5 N–H and O–H groups in total. The molecule has 1 fully saturated rings. The fraction of sp³-hybridized carbons (Fsp3) is 0.533. The van der Waals surface area contributed by atoms with Gasteiger partial charge in [0.2, 0.25) is 0 Å². The van der Waals surface area contributed by atoms with E-state index in [2.05, 4.69) is 10.5 Å². The molecule has 21 heavy (non-hydrogen) atoms. The molecule has 0 unspecified atom stereocenters. The number of nitrogens with zero attached hydrogens (tertiary/aromatic N) is 1. The number of benzene rings is 1. The van der Waals surface area contributed by atoms with Crippen molar-refractivity contribution in [3.05, 3.63) is 34.3 Å². The van der Waals surface area contributed by atoms with Crippen LogP contribution in [0.3, 0.4) is 0 Å². The number of nitrogens with two attached hydrogens (primary N) is 1. The van der Waals surface area contributed by atoms with Crippen LogP contribution in [0, 0.1) is 5.92 Å². The van der Waals surface area contributed by atoms with Gasteiger partial charge in [-0.25, -0.2) is 0 Å². The van der Waals surface area contributed by atoms with Crippen LogP contribution >= 0.6 is 11.6 Å². The molecule has 0 bridgehead atoms. The highest BCUT2D eigenvalue weighted by atomic mass is 35.5. The first-order valence-electron chi connectivity index (χ1n) is 7.25. The Labute approximate surface area is 129 Å². The molecule has 0 aromatic heterocycles. The van der Waals surface area contributed by atoms with Crippen molar-refractivity contribution >= 4 is 17.4 Å². The van der Waals surface area contributed by atoms with E-state index in [-0.39, 0.29) is 11.9 Å². The maximum absolute atomic E-state index is 9.48. The number of hydrogen-bond acceptors (Lipinski definition) is 4. The first-order chi connectivity index (χ1) is 10.1. The van der Waals surface area contributed by atoms with Gasteiger partial charge in [0.1, 0.15) is 0 Å². The van der Waals surface area contributed by atoms with Gasteiger partial charge in [-0.3, -0.25) is 0 Å². The fourth-order valence-corrected chi connectivity index (χ4v) is 2.92. The molecule has 5 nitrogen and oxygen atoms in total. The summed E-state index contributed by atoms with van der Waals surface area (Å²) in [4.78, 5) is 0. The Morgan fingerprint density at radius 3 is 2.67 bits per heavy atom. The zero-order valence-electron chi connectivity index (χ0n) is 11.9. The summed E-state index contributed by atoms with van der Waals surface area (Å²) in [5.74, 6) is 0.681. The lowest BCUT2D eigenvalue weighted by Gasteiger charge is -2.25. The van der Waals surface area contributed by atoms with Crippen molar-refractivity contribution in [2.75, 3.05) is 6.54 Å². The molecule has 1 aliphatic carbocycles. The Morgan fingerprint density at radius 1 is 1.33 bits per heavy atom. The summed E-state index contributed by atoms with van der Waals surface area (Å²) in [7, 11) is 0. The predicted octanol–water partition coefficient (Wildman–Crippen LogP) is 2.08. The van der Waals surface area contributed by atoms with E-state index in [0.29, 0.717) is 23.0 Å². The van der Waals surface area contributed by atoms with Gasteiger partial charge in [-0.15, -0.1) is 0 Å². The van der Waals surface area contributed by atoms with E-state index in [1.54, 1.807) is 12.1 Å². The Morgan fingerprint density at radius 2 is 2.05 bits per heavy atom. The number of hydrogen-bond donors (Lipinski definition) is 4. The first kappa shape index (κ1) is 16.1. The molecule has 2 rings (SSSR count). The van der Waals surface area contributed by atoms with Gasteiger partial charge < -0.3 is 21.4 Å². The monoisotopic (exact) mass is 311 g/mol. The van der Waals surface area contributed by atoms with Crippen LogP contribution in [0.1, 0.15) is 36.8 Å². The molecule has 1 saturated carbocycles. The summed E-state index contributed by atoms with van der Waals surface area (Å²) in [6.07, 6.45) is 3.85. The maximum atomic E-state index is 9.48. The van der Waals surface area contributed by atoms with Crippen LogP contribution < -0.4 is 11.1 Å². The quantitative estimate of drug-likeness (QED) is 0.290. The van der Waals surface area contributed by atoms with E-state index in [4.69, 9.17) is 22.5 Å². The molecule has 6 heteroatoms. The Hall–Kier alpha value is -1.30. The van der Waals surface area contributed by atoms with Crippen molar-refractivity contribution in [2.45, 2.75) is 38.3 Å². The number of rotatable bonds is 5. The van der Waals surface area contributed by atoms with Gasteiger partial charge in [-0.1, -0.05) is 28.9 Å². The van der Waals surface area contributed by atoms with Gasteiger partial charge in [0.05, 0.1) is 6.10 Å². The molecular formula is C15H22ClN3O2. The second kappa shape index (κ2) is 7.64. The van der Waals surface area contributed by atoms with Gasteiger partial charge in [0.25, 0.3) is 0 Å². The van der Waals surface area contributed by atoms with Crippen LogP contribution in [-0.2, 0) is 6.54 Å². The fourth-order valence-electron chi connectivity index (χ4n) is 2.67. The van der Waals surface area contributed by atoms with Crippen LogP contribution in [0.2, 0.25) is 5.02 Å². The zero-order chi connectivity index (χ0) is 15.2. The van der Waals surface area contributed by atoms with E-state index in [1.165, 1.54) is 0 Å². The standard InChI is InChI=1S/C15H22ClN3O2/c16-14-7-11(15(17)19-21)3-4-12(14)9-18-8-10-1-5-13(20)6-2-10/h3-4,7,10,13,18,20-21H,1-2,5-6,8-9H2,(H2,17,19). The molecule has 0 spiro atoms. The molecule has 0 aliphatic heterocycles. The van der Waals surface area contributed by atoms with Gasteiger partial charge in [-0.2, -0.15) is 0 Å². The van der Waals surface area contributed by atoms with Gasteiger partial charge >= 0.3 is 0 Å². The molecule has 0 heterocycles. The van der Waals surface area contributed by atoms with E-state index >= 15 is 0 Å². The second-order valence-corrected chi connectivity index (χ2v) is 6.00. The molecule has 1 aromatic carbocycles. The normalized spacial score (nSPS) is 23.2. The zero-order valence-corrected chi connectivity index (χ0v) is 12.7. The highest BCUT2D eigenvalue weighted by Crippen LogP contribution is 2.24. The SMILES string of the molecule is N/C(=N/O)c1ccc(CNCC2CCC(O)CC2)c(Cl)c1. The van der Waals surface area contributed by atoms with Crippen molar-refractivity contribution in [3.63, 3.8) is 0 Å². The molecule has 116 valence electrons. The summed E-state index contributed by atoms with van der Waals surface area (Å²) in [5.41, 5.74) is 7.12. The molecule has 1 aliphatic rings. The lowest BCUT2D eigenvalue weighted by Crippen LogP contribution is -2.27. The number of aliphatic hydroxyl groups is 1. The number of aliphatic hydroxyl groups excluding tert-OH is 1. The Balaban J connectivity index is 1.83. The molecular weight excluding hydrogens is 290 g/mol. The third-order valence-electron chi connectivity index (χ3n) is 4.02. The maximum Gasteiger partial charge on any atom is 0.170 e. The number of amidine groups is 1. The van der Waals surface area contributed by atoms with Crippen LogP contribution in [0.5, 0.6) is 0 Å². The summed E-state index contributed by atoms with van der Waals surface area (Å²) >= 11 is 6.21. The summed E-state index contributed by atoms with van der Waals surface area (Å²) in [5, 5.41) is 25.1. The minimum Gasteiger partial charge on any atom is -0.409 e. The van der Waals surface area contributed by atoms with Crippen LogP contribution in [-0.4, -0.2) is 28.8 Å². The molecule has 1 aromatic rings. The van der Waals surface area contributed by atoms with Crippen molar-refractivity contribution in [2.24, 2.45) is 16.8 Å². The summed E-state index contributed by atoms with van der Waals surface area (Å²) in [6.45, 7) is 1.62. The Kier molecular flexibility index (Phi) is 5.85. The van der Waals surface area contributed by atoms with Crippen molar-refractivity contribution in [3.8, 4) is 0 Å². The molecule has 0 radical (unpaired) electrons. The van der Waals surface area contributed by atoms with Gasteiger partial charge in [-0.05, 0) is 49.8 Å². The third kappa shape index (κ3) is 4.59. The van der Waals surface area contributed by atoms with E-state index in [9.17, 15) is 5.11 Å². The third-order valence-corrected chi connectivity index (χ3v) is 4.37. The summed E-state index contributed by atoms with van der Waals surface area (Å²) < 4.78 is 0. The molecule has 0 saturated heterocycles.